The number of rotatable bonds is 1. The SMILES string of the molecule is COC(=O)C1=CC[C@H](I)C[C@@H]1O. The number of carbonyl (C=O) groups excluding carboxylic acids is 1. The Kier molecular flexibility index (Phi) is 3.52. The molecule has 0 unspecified atom stereocenters. The van der Waals surface area contributed by atoms with E-state index in [0.29, 0.717) is 15.9 Å². The van der Waals surface area contributed by atoms with E-state index in [9.17, 15) is 9.90 Å². The standard InChI is InChI=1S/C8H11IO3/c1-12-8(11)6-3-2-5(9)4-7(6)10/h3,5,7,10H,2,4H2,1H3/t5-,7-/m0/s1. The lowest BCUT2D eigenvalue weighted by atomic mass is 9.97. The normalized spacial score (nSPS) is 29.4. The van der Waals surface area contributed by atoms with E-state index in [1.165, 1.54) is 7.11 Å². The van der Waals surface area contributed by atoms with Crippen LogP contribution < -0.4 is 0 Å². The van der Waals surface area contributed by atoms with E-state index in [4.69, 9.17) is 0 Å². The predicted octanol–water partition coefficient (Wildman–Crippen LogP) is 1.04. The molecule has 1 aliphatic carbocycles. The van der Waals surface area contributed by atoms with Crippen molar-refractivity contribution in [1.29, 1.82) is 0 Å². The third-order valence-electron chi connectivity index (χ3n) is 1.85. The van der Waals surface area contributed by atoms with Crippen molar-refractivity contribution in [2.24, 2.45) is 0 Å². The van der Waals surface area contributed by atoms with Gasteiger partial charge in [0.1, 0.15) is 0 Å². The summed E-state index contributed by atoms with van der Waals surface area (Å²) in [4.78, 5) is 11.0. The van der Waals surface area contributed by atoms with Crippen LogP contribution in [0.2, 0.25) is 0 Å². The van der Waals surface area contributed by atoms with E-state index >= 15 is 0 Å². The molecule has 0 aromatic heterocycles. The van der Waals surface area contributed by atoms with E-state index in [-0.39, 0.29) is 0 Å². The number of esters is 1. The number of hydrogen-bond donors (Lipinski definition) is 1. The van der Waals surface area contributed by atoms with Gasteiger partial charge in [0.05, 0.1) is 18.8 Å². The first-order valence-corrected chi connectivity index (χ1v) is 5.00. The predicted molar refractivity (Wildman–Crippen MR) is 53.1 cm³/mol. The fraction of sp³-hybridized carbons (Fsp3) is 0.625. The molecule has 0 bridgehead atoms. The summed E-state index contributed by atoms with van der Waals surface area (Å²) in [5.74, 6) is -0.411. The highest BCUT2D eigenvalue weighted by Gasteiger charge is 2.25. The second kappa shape index (κ2) is 4.23. The Labute approximate surface area is 84.9 Å². The quantitative estimate of drug-likeness (QED) is 0.444. The van der Waals surface area contributed by atoms with Gasteiger partial charge in [-0.05, 0) is 12.8 Å². The number of methoxy groups -OCH3 is 1. The minimum absolute atomic E-state index is 0.408. The van der Waals surface area contributed by atoms with Crippen molar-refractivity contribution in [2.45, 2.75) is 22.9 Å². The number of aliphatic hydroxyl groups is 1. The van der Waals surface area contributed by atoms with Crippen LogP contribution in [0, 0.1) is 0 Å². The third-order valence-corrected chi connectivity index (χ3v) is 2.87. The van der Waals surface area contributed by atoms with Crippen LogP contribution in [0.3, 0.4) is 0 Å². The van der Waals surface area contributed by atoms with Crippen LogP contribution in [0.15, 0.2) is 11.6 Å². The van der Waals surface area contributed by atoms with Gasteiger partial charge in [0, 0.05) is 3.92 Å². The first-order valence-electron chi connectivity index (χ1n) is 3.75. The van der Waals surface area contributed by atoms with Gasteiger partial charge >= 0.3 is 5.97 Å². The molecule has 68 valence electrons. The second-order valence-corrected chi connectivity index (χ2v) is 4.50. The molecule has 0 fully saturated rings. The average Bonchev–Trinajstić information content (AvgIpc) is 2.03. The van der Waals surface area contributed by atoms with E-state index in [0.717, 1.165) is 6.42 Å². The highest BCUT2D eigenvalue weighted by Crippen LogP contribution is 2.24. The summed E-state index contributed by atoms with van der Waals surface area (Å²) in [7, 11) is 1.33. The molecule has 0 aliphatic heterocycles. The number of halogens is 1. The Hall–Kier alpha value is -0.100. The van der Waals surface area contributed by atoms with E-state index in [1.54, 1.807) is 6.08 Å². The molecule has 1 rings (SSSR count). The minimum Gasteiger partial charge on any atom is -0.466 e. The van der Waals surface area contributed by atoms with Crippen LogP contribution in [0.5, 0.6) is 0 Å². The molecular formula is C8H11IO3. The van der Waals surface area contributed by atoms with Gasteiger partial charge in [0.25, 0.3) is 0 Å². The second-order valence-electron chi connectivity index (χ2n) is 2.74. The summed E-state index contributed by atoms with van der Waals surface area (Å²) < 4.78 is 4.95. The molecule has 0 saturated carbocycles. The monoisotopic (exact) mass is 282 g/mol. The molecule has 0 aromatic carbocycles. The molecule has 0 heterocycles. The highest BCUT2D eigenvalue weighted by atomic mass is 127. The Morgan fingerprint density at radius 3 is 3.00 bits per heavy atom. The zero-order valence-electron chi connectivity index (χ0n) is 6.79. The van der Waals surface area contributed by atoms with Gasteiger partial charge in [0.15, 0.2) is 0 Å². The summed E-state index contributed by atoms with van der Waals surface area (Å²) in [6, 6.07) is 0. The largest absolute Gasteiger partial charge is 0.466 e. The molecule has 2 atom stereocenters. The van der Waals surface area contributed by atoms with Crippen LogP contribution >= 0.6 is 22.6 Å². The van der Waals surface area contributed by atoms with Crippen molar-refractivity contribution >= 4 is 28.6 Å². The molecule has 0 saturated heterocycles. The maximum absolute atomic E-state index is 11.0. The number of carbonyl (C=O) groups is 1. The number of aliphatic hydroxyl groups excluding tert-OH is 1. The molecule has 4 heteroatoms. The summed E-state index contributed by atoms with van der Waals surface area (Å²) in [5, 5.41) is 9.47. The molecule has 0 aromatic rings. The number of alkyl halides is 1. The Bertz CT molecular complexity index is 212. The van der Waals surface area contributed by atoms with Gasteiger partial charge in [-0.15, -0.1) is 0 Å². The van der Waals surface area contributed by atoms with Gasteiger partial charge in [-0.2, -0.15) is 0 Å². The molecule has 1 aliphatic rings. The molecular weight excluding hydrogens is 271 g/mol. The molecule has 0 radical (unpaired) electrons. The fourth-order valence-electron chi connectivity index (χ4n) is 1.19. The minimum atomic E-state index is -0.645. The van der Waals surface area contributed by atoms with Gasteiger partial charge in [-0.25, -0.2) is 4.79 Å². The van der Waals surface area contributed by atoms with Crippen molar-refractivity contribution < 1.29 is 14.6 Å². The smallest absolute Gasteiger partial charge is 0.336 e. The van der Waals surface area contributed by atoms with Crippen LogP contribution in [0.1, 0.15) is 12.8 Å². The summed E-state index contributed by atoms with van der Waals surface area (Å²) in [6.45, 7) is 0. The van der Waals surface area contributed by atoms with Crippen LogP contribution in [0.4, 0.5) is 0 Å². The fourth-order valence-corrected chi connectivity index (χ4v) is 1.93. The number of allylic oxidation sites excluding steroid dienone is 1. The maximum atomic E-state index is 11.0. The zero-order chi connectivity index (χ0) is 9.14. The molecule has 12 heavy (non-hydrogen) atoms. The molecule has 1 N–H and O–H groups in total. The lowest BCUT2D eigenvalue weighted by molar-refractivity contribution is -0.137. The van der Waals surface area contributed by atoms with Crippen molar-refractivity contribution in [3.05, 3.63) is 11.6 Å². The van der Waals surface area contributed by atoms with Gasteiger partial charge < -0.3 is 9.84 Å². The number of ether oxygens (including phenoxy) is 1. The van der Waals surface area contributed by atoms with E-state index < -0.39 is 12.1 Å². The van der Waals surface area contributed by atoms with Gasteiger partial charge in [-0.3, -0.25) is 0 Å². The summed E-state index contributed by atoms with van der Waals surface area (Å²) >= 11 is 2.26. The Morgan fingerprint density at radius 2 is 2.50 bits per heavy atom. The van der Waals surface area contributed by atoms with Crippen LogP contribution in [-0.4, -0.2) is 28.2 Å². The molecule has 3 nitrogen and oxygen atoms in total. The summed E-state index contributed by atoms with van der Waals surface area (Å²) in [5.41, 5.74) is 0.408. The van der Waals surface area contributed by atoms with Gasteiger partial charge in [0.2, 0.25) is 0 Å². The Balaban J connectivity index is 2.70. The van der Waals surface area contributed by atoms with Crippen molar-refractivity contribution in [3.8, 4) is 0 Å². The lowest BCUT2D eigenvalue weighted by Gasteiger charge is -2.21. The maximum Gasteiger partial charge on any atom is 0.336 e. The first-order chi connectivity index (χ1) is 5.65. The summed E-state index contributed by atoms with van der Waals surface area (Å²) in [6.07, 6.45) is 2.59. The van der Waals surface area contributed by atoms with Crippen LogP contribution in [-0.2, 0) is 9.53 Å². The van der Waals surface area contributed by atoms with Crippen LogP contribution in [0.25, 0.3) is 0 Å². The topological polar surface area (TPSA) is 46.5 Å². The van der Waals surface area contributed by atoms with Crippen molar-refractivity contribution in [1.82, 2.24) is 0 Å². The van der Waals surface area contributed by atoms with E-state index in [2.05, 4.69) is 27.3 Å². The van der Waals surface area contributed by atoms with Gasteiger partial charge in [-0.1, -0.05) is 28.7 Å². The van der Waals surface area contributed by atoms with Crippen molar-refractivity contribution in [2.75, 3.05) is 7.11 Å². The van der Waals surface area contributed by atoms with Crippen molar-refractivity contribution in [3.63, 3.8) is 0 Å². The third kappa shape index (κ3) is 2.20. The molecule has 0 spiro atoms. The molecule has 0 amide bonds. The average molecular weight is 282 g/mol. The van der Waals surface area contributed by atoms with E-state index in [1.807, 2.05) is 0 Å². The highest BCUT2D eigenvalue weighted by molar-refractivity contribution is 14.1. The Morgan fingerprint density at radius 1 is 1.83 bits per heavy atom. The zero-order valence-corrected chi connectivity index (χ0v) is 8.95. The first kappa shape index (κ1) is 9.98. The lowest BCUT2D eigenvalue weighted by Crippen LogP contribution is -2.26. The number of hydrogen-bond acceptors (Lipinski definition) is 3.